The Labute approximate surface area is 96.6 Å². The van der Waals surface area contributed by atoms with Crippen LogP contribution < -0.4 is 0 Å². The summed E-state index contributed by atoms with van der Waals surface area (Å²) in [5, 5.41) is 9.29. The Morgan fingerprint density at radius 2 is 1.94 bits per heavy atom. The fraction of sp³-hybridized carbons (Fsp3) is 0.462. The Morgan fingerprint density at radius 3 is 2.38 bits per heavy atom. The molecule has 3 heteroatoms. The van der Waals surface area contributed by atoms with E-state index in [9.17, 15) is 5.26 Å². The molecular formula is C13H17NO2. The molecule has 1 rings (SSSR count). The summed E-state index contributed by atoms with van der Waals surface area (Å²) in [6.45, 7) is 2.27. The number of methoxy groups -OCH3 is 2. The molecule has 3 nitrogen and oxygen atoms in total. The van der Waals surface area contributed by atoms with Crippen LogP contribution in [0.5, 0.6) is 0 Å². The topological polar surface area (TPSA) is 42.2 Å². The smallest absolute Gasteiger partial charge is 0.108 e. The van der Waals surface area contributed by atoms with Gasteiger partial charge in [0.25, 0.3) is 0 Å². The molecule has 0 aliphatic rings. The number of ether oxygens (including phenoxy) is 2. The number of nitriles is 1. The largest absolute Gasteiger partial charge is 0.382 e. The molecule has 1 aromatic rings. The molecule has 86 valence electrons. The lowest BCUT2D eigenvalue weighted by Crippen LogP contribution is -2.39. The lowest BCUT2D eigenvalue weighted by molar-refractivity contribution is -0.0586. The van der Waals surface area contributed by atoms with Gasteiger partial charge in [0, 0.05) is 14.2 Å². The average molecular weight is 219 g/mol. The monoisotopic (exact) mass is 219 g/mol. The third-order valence-corrected chi connectivity index (χ3v) is 2.77. The van der Waals surface area contributed by atoms with Crippen LogP contribution in [0.4, 0.5) is 0 Å². The molecule has 0 spiro atoms. The molecule has 2 unspecified atom stereocenters. The van der Waals surface area contributed by atoms with E-state index >= 15 is 0 Å². The molecule has 0 aromatic heterocycles. The number of nitrogens with zero attached hydrogens (tertiary/aromatic N) is 1. The van der Waals surface area contributed by atoms with E-state index in [0.717, 1.165) is 5.56 Å². The van der Waals surface area contributed by atoms with E-state index in [2.05, 4.69) is 6.07 Å². The summed E-state index contributed by atoms with van der Waals surface area (Å²) in [6, 6.07) is 11.9. The van der Waals surface area contributed by atoms with Gasteiger partial charge in [-0.15, -0.1) is 0 Å². The van der Waals surface area contributed by atoms with Crippen molar-refractivity contribution in [3.8, 4) is 6.07 Å². The number of rotatable bonds is 5. The van der Waals surface area contributed by atoms with Gasteiger partial charge in [-0.25, -0.2) is 0 Å². The molecule has 0 saturated heterocycles. The minimum Gasteiger partial charge on any atom is -0.382 e. The van der Waals surface area contributed by atoms with Crippen molar-refractivity contribution in [3.05, 3.63) is 35.9 Å². The third-order valence-electron chi connectivity index (χ3n) is 2.77. The van der Waals surface area contributed by atoms with Crippen LogP contribution in [0.15, 0.2) is 30.3 Å². The Kier molecular flexibility index (Phi) is 4.48. The Morgan fingerprint density at radius 1 is 1.31 bits per heavy atom. The Hall–Kier alpha value is -1.37. The number of hydrogen-bond acceptors (Lipinski definition) is 3. The molecule has 0 N–H and O–H groups in total. The maximum atomic E-state index is 9.29. The Balaban J connectivity index is 3.02. The molecule has 0 heterocycles. The minimum absolute atomic E-state index is 0.335. The summed E-state index contributed by atoms with van der Waals surface area (Å²) < 4.78 is 10.6. The molecule has 2 atom stereocenters. The summed E-state index contributed by atoms with van der Waals surface area (Å²) >= 11 is 0. The van der Waals surface area contributed by atoms with E-state index in [4.69, 9.17) is 9.47 Å². The first-order valence-electron chi connectivity index (χ1n) is 5.16. The highest BCUT2D eigenvalue weighted by Crippen LogP contribution is 2.30. The first-order chi connectivity index (χ1) is 7.68. The first-order valence-corrected chi connectivity index (χ1v) is 5.16. The second-order valence-electron chi connectivity index (χ2n) is 3.92. The van der Waals surface area contributed by atoms with Crippen molar-refractivity contribution in [1.29, 1.82) is 5.26 Å². The van der Waals surface area contributed by atoms with Gasteiger partial charge in [0.05, 0.1) is 12.7 Å². The average Bonchev–Trinajstić information content (AvgIpc) is 2.31. The van der Waals surface area contributed by atoms with Gasteiger partial charge in [0.2, 0.25) is 0 Å². The van der Waals surface area contributed by atoms with Gasteiger partial charge in [-0.05, 0) is 12.5 Å². The summed E-state index contributed by atoms with van der Waals surface area (Å²) in [4.78, 5) is 0. The van der Waals surface area contributed by atoms with Crippen molar-refractivity contribution in [2.24, 2.45) is 0 Å². The van der Waals surface area contributed by atoms with E-state index in [1.807, 2.05) is 37.3 Å². The van der Waals surface area contributed by atoms with E-state index in [1.165, 1.54) is 0 Å². The first kappa shape index (κ1) is 12.7. The summed E-state index contributed by atoms with van der Waals surface area (Å²) in [6.07, 6.45) is 0. The maximum Gasteiger partial charge on any atom is 0.108 e. The summed E-state index contributed by atoms with van der Waals surface area (Å²) in [5.41, 5.74) is 0.330. The van der Waals surface area contributed by atoms with Crippen LogP contribution >= 0.6 is 0 Å². The van der Waals surface area contributed by atoms with Crippen molar-refractivity contribution in [2.75, 3.05) is 20.8 Å². The van der Waals surface area contributed by atoms with Crippen LogP contribution in [0.1, 0.15) is 18.4 Å². The molecule has 0 fully saturated rings. The molecule has 0 radical (unpaired) electrons. The van der Waals surface area contributed by atoms with Crippen LogP contribution in [0.2, 0.25) is 0 Å². The molecule has 16 heavy (non-hydrogen) atoms. The second-order valence-corrected chi connectivity index (χ2v) is 3.92. The lowest BCUT2D eigenvalue weighted by Gasteiger charge is -2.31. The standard InChI is InChI=1S/C13H17NO2/c1-13(16-3,10-15-2)12(9-14)11-7-5-4-6-8-11/h4-8,12H,10H2,1-3H3. The van der Waals surface area contributed by atoms with Gasteiger partial charge in [0.1, 0.15) is 11.5 Å². The molecule has 0 saturated carbocycles. The zero-order chi connectivity index (χ0) is 12.0. The van der Waals surface area contributed by atoms with E-state index in [1.54, 1.807) is 14.2 Å². The van der Waals surface area contributed by atoms with Crippen LogP contribution in [-0.4, -0.2) is 26.4 Å². The predicted molar refractivity (Wildman–Crippen MR) is 62.1 cm³/mol. The molecule has 0 aliphatic heterocycles. The van der Waals surface area contributed by atoms with Crippen LogP contribution in [0.25, 0.3) is 0 Å². The van der Waals surface area contributed by atoms with Crippen LogP contribution in [0.3, 0.4) is 0 Å². The molecule has 0 bridgehead atoms. The number of hydrogen-bond donors (Lipinski definition) is 0. The van der Waals surface area contributed by atoms with Gasteiger partial charge in [0.15, 0.2) is 0 Å². The van der Waals surface area contributed by atoms with Crippen LogP contribution in [-0.2, 0) is 9.47 Å². The van der Waals surface area contributed by atoms with Crippen molar-refractivity contribution in [3.63, 3.8) is 0 Å². The van der Waals surface area contributed by atoms with Gasteiger partial charge in [-0.3, -0.25) is 0 Å². The fourth-order valence-corrected chi connectivity index (χ4v) is 1.76. The quantitative estimate of drug-likeness (QED) is 0.763. The molecule has 0 aliphatic carbocycles. The van der Waals surface area contributed by atoms with E-state index < -0.39 is 5.60 Å². The lowest BCUT2D eigenvalue weighted by atomic mass is 9.85. The zero-order valence-electron chi connectivity index (χ0n) is 9.93. The zero-order valence-corrected chi connectivity index (χ0v) is 9.93. The summed E-state index contributed by atoms with van der Waals surface area (Å²) in [7, 11) is 3.21. The predicted octanol–water partition coefficient (Wildman–Crippen LogP) is 2.35. The Bertz CT molecular complexity index is 358. The highest BCUT2D eigenvalue weighted by Gasteiger charge is 2.35. The molecule has 1 aromatic carbocycles. The number of benzene rings is 1. The SMILES string of the molecule is COCC(C)(OC)C(C#N)c1ccccc1. The van der Waals surface area contributed by atoms with Crippen molar-refractivity contribution in [1.82, 2.24) is 0 Å². The third kappa shape index (κ3) is 2.60. The van der Waals surface area contributed by atoms with Crippen molar-refractivity contribution in [2.45, 2.75) is 18.4 Å². The highest BCUT2D eigenvalue weighted by atomic mass is 16.5. The van der Waals surface area contributed by atoms with Gasteiger partial charge in [-0.1, -0.05) is 30.3 Å². The highest BCUT2D eigenvalue weighted by molar-refractivity contribution is 5.28. The molecule has 0 amide bonds. The second kappa shape index (κ2) is 5.64. The minimum atomic E-state index is -0.620. The molecular weight excluding hydrogens is 202 g/mol. The van der Waals surface area contributed by atoms with E-state index in [0.29, 0.717) is 6.61 Å². The van der Waals surface area contributed by atoms with Gasteiger partial charge in [-0.2, -0.15) is 5.26 Å². The van der Waals surface area contributed by atoms with Gasteiger partial charge < -0.3 is 9.47 Å². The van der Waals surface area contributed by atoms with E-state index in [-0.39, 0.29) is 5.92 Å². The van der Waals surface area contributed by atoms with Gasteiger partial charge >= 0.3 is 0 Å². The van der Waals surface area contributed by atoms with Crippen LogP contribution in [0, 0.1) is 11.3 Å². The normalized spacial score (nSPS) is 16.1. The van der Waals surface area contributed by atoms with Crippen molar-refractivity contribution < 1.29 is 9.47 Å². The summed E-state index contributed by atoms with van der Waals surface area (Å²) in [5.74, 6) is -0.335. The maximum absolute atomic E-state index is 9.29. The van der Waals surface area contributed by atoms with Crippen molar-refractivity contribution >= 4 is 0 Å². The fourth-order valence-electron chi connectivity index (χ4n) is 1.76.